The van der Waals surface area contributed by atoms with Gasteiger partial charge in [0.2, 0.25) is 5.88 Å². The molecular formula is C31H36F3N9O3. The Hall–Kier alpha value is -4.10. The first-order valence-corrected chi connectivity index (χ1v) is 15.3. The van der Waals surface area contributed by atoms with E-state index in [1.165, 1.54) is 12.4 Å². The van der Waals surface area contributed by atoms with Crippen LogP contribution >= 0.6 is 0 Å². The average molecular weight is 640 g/mol. The SMILES string of the molecule is N#CC[C@]1(n2cc(-c3ncnc4[nH]ccc34)cn2)C[C@H](N2CCC(Oc3cc(CN(CCO)CCO)cc(C(F)(F)F)n3)CC2)C1. The minimum Gasteiger partial charge on any atom is -0.474 e. The number of likely N-dealkylation sites (tertiary alicyclic amines) is 1. The number of pyridine rings is 1. The van der Waals surface area contributed by atoms with Crippen molar-refractivity contribution in [3.05, 3.63) is 54.4 Å². The smallest absolute Gasteiger partial charge is 0.433 e. The second-order valence-corrected chi connectivity index (χ2v) is 12.0. The fourth-order valence-electron chi connectivity index (χ4n) is 6.64. The molecule has 0 aromatic carbocycles. The third-order valence-electron chi connectivity index (χ3n) is 9.01. The van der Waals surface area contributed by atoms with Crippen LogP contribution in [0, 0.1) is 11.3 Å². The van der Waals surface area contributed by atoms with Crippen molar-refractivity contribution >= 4 is 11.0 Å². The van der Waals surface area contributed by atoms with Crippen molar-refractivity contribution in [2.45, 2.75) is 62.5 Å². The van der Waals surface area contributed by atoms with Crippen molar-refractivity contribution in [1.29, 1.82) is 5.26 Å². The highest BCUT2D eigenvalue weighted by atomic mass is 19.4. The lowest BCUT2D eigenvalue weighted by Crippen LogP contribution is -2.58. The Morgan fingerprint density at radius 1 is 1.13 bits per heavy atom. The van der Waals surface area contributed by atoms with Crippen molar-refractivity contribution in [3.63, 3.8) is 0 Å². The van der Waals surface area contributed by atoms with Crippen LogP contribution < -0.4 is 4.74 Å². The van der Waals surface area contributed by atoms with Gasteiger partial charge >= 0.3 is 6.18 Å². The van der Waals surface area contributed by atoms with Gasteiger partial charge in [-0.1, -0.05) is 0 Å². The normalized spacial score (nSPS) is 21.0. The van der Waals surface area contributed by atoms with Gasteiger partial charge in [-0.05, 0) is 43.4 Å². The van der Waals surface area contributed by atoms with Gasteiger partial charge in [0, 0.05) is 68.2 Å². The summed E-state index contributed by atoms with van der Waals surface area (Å²) in [4.78, 5) is 19.6. The van der Waals surface area contributed by atoms with Crippen LogP contribution in [0.1, 0.15) is 43.4 Å². The lowest BCUT2D eigenvalue weighted by atomic mass is 9.69. The number of fused-ring (bicyclic) bond motifs is 1. The molecule has 0 amide bonds. The molecule has 0 unspecified atom stereocenters. The number of aromatic amines is 1. The highest BCUT2D eigenvalue weighted by molar-refractivity contribution is 5.90. The number of rotatable bonds is 12. The van der Waals surface area contributed by atoms with Crippen LogP contribution in [0.4, 0.5) is 13.2 Å². The molecule has 1 aliphatic carbocycles. The van der Waals surface area contributed by atoms with E-state index in [0.717, 1.165) is 41.2 Å². The first kappa shape index (κ1) is 31.9. The quantitative estimate of drug-likeness (QED) is 0.211. The molecule has 0 atom stereocenters. The minimum absolute atomic E-state index is 0.0806. The van der Waals surface area contributed by atoms with Gasteiger partial charge in [-0.3, -0.25) is 14.5 Å². The van der Waals surface area contributed by atoms with Crippen LogP contribution in [0.5, 0.6) is 5.88 Å². The predicted molar refractivity (Wildman–Crippen MR) is 160 cm³/mol. The van der Waals surface area contributed by atoms with Gasteiger partial charge in [-0.25, -0.2) is 15.0 Å². The van der Waals surface area contributed by atoms with Crippen molar-refractivity contribution in [1.82, 2.24) is 39.5 Å². The molecule has 4 aromatic heterocycles. The maximum absolute atomic E-state index is 13.7. The van der Waals surface area contributed by atoms with Gasteiger partial charge in [0.15, 0.2) is 0 Å². The number of piperidine rings is 1. The summed E-state index contributed by atoms with van der Waals surface area (Å²) in [6, 6.07) is 7.01. The maximum Gasteiger partial charge on any atom is 0.433 e. The molecule has 15 heteroatoms. The van der Waals surface area contributed by atoms with E-state index in [4.69, 9.17) is 4.74 Å². The Morgan fingerprint density at radius 3 is 2.59 bits per heavy atom. The molecule has 2 fully saturated rings. The molecule has 2 aliphatic rings. The van der Waals surface area contributed by atoms with Crippen LogP contribution in [-0.4, -0.2) is 101 Å². The number of halogens is 3. The Bertz CT molecular complexity index is 1660. The van der Waals surface area contributed by atoms with Gasteiger partial charge < -0.3 is 19.9 Å². The second-order valence-electron chi connectivity index (χ2n) is 12.0. The van der Waals surface area contributed by atoms with E-state index in [0.29, 0.717) is 37.9 Å². The summed E-state index contributed by atoms with van der Waals surface area (Å²) < 4.78 is 48.9. The molecule has 1 saturated heterocycles. The van der Waals surface area contributed by atoms with Crippen molar-refractivity contribution in [2.75, 3.05) is 39.4 Å². The summed E-state index contributed by atoms with van der Waals surface area (Å²) in [5.74, 6) is -0.0806. The summed E-state index contributed by atoms with van der Waals surface area (Å²) in [5, 5.41) is 33.8. The third kappa shape index (κ3) is 6.70. The molecule has 0 bridgehead atoms. The average Bonchev–Trinajstić information content (AvgIpc) is 3.70. The number of alkyl halides is 3. The molecule has 1 saturated carbocycles. The molecule has 4 aromatic rings. The molecule has 5 heterocycles. The summed E-state index contributed by atoms with van der Waals surface area (Å²) in [5.41, 5.74) is 1.26. The number of nitrogens with zero attached hydrogens (tertiary/aromatic N) is 8. The third-order valence-corrected chi connectivity index (χ3v) is 9.01. The van der Waals surface area contributed by atoms with E-state index >= 15 is 0 Å². The first-order chi connectivity index (χ1) is 22.2. The number of aliphatic hydroxyl groups excluding tert-OH is 2. The number of ether oxygens (including phenoxy) is 1. The van der Waals surface area contributed by atoms with Gasteiger partial charge in [-0.15, -0.1) is 0 Å². The lowest BCUT2D eigenvalue weighted by molar-refractivity contribution is -0.141. The van der Waals surface area contributed by atoms with Gasteiger partial charge in [0.05, 0.1) is 43.1 Å². The van der Waals surface area contributed by atoms with Gasteiger partial charge in [0.25, 0.3) is 0 Å². The summed E-state index contributed by atoms with van der Waals surface area (Å²) in [6.07, 6.45) is 5.21. The van der Waals surface area contributed by atoms with E-state index in [1.54, 1.807) is 11.1 Å². The zero-order chi connectivity index (χ0) is 32.3. The highest BCUT2D eigenvalue weighted by Gasteiger charge is 2.49. The predicted octanol–water partition coefficient (Wildman–Crippen LogP) is 3.34. The molecule has 3 N–H and O–H groups in total. The first-order valence-electron chi connectivity index (χ1n) is 15.3. The zero-order valence-electron chi connectivity index (χ0n) is 25.2. The van der Waals surface area contributed by atoms with Crippen LogP contribution in [-0.2, 0) is 18.3 Å². The summed E-state index contributed by atoms with van der Waals surface area (Å²) >= 11 is 0. The van der Waals surface area contributed by atoms with Crippen LogP contribution in [0.15, 0.2) is 43.1 Å². The molecule has 12 nitrogen and oxygen atoms in total. The highest BCUT2D eigenvalue weighted by Crippen LogP contribution is 2.45. The molecular weight excluding hydrogens is 603 g/mol. The molecule has 6 rings (SSSR count). The largest absolute Gasteiger partial charge is 0.474 e. The Labute approximate surface area is 263 Å². The number of hydrogen-bond donors (Lipinski definition) is 3. The monoisotopic (exact) mass is 639 g/mol. The topological polar surface area (TPSA) is 152 Å². The molecule has 46 heavy (non-hydrogen) atoms. The van der Waals surface area contributed by atoms with E-state index in [-0.39, 0.29) is 50.9 Å². The number of nitriles is 1. The number of nitrogens with one attached hydrogen (secondary N) is 1. The fourth-order valence-corrected chi connectivity index (χ4v) is 6.64. The Morgan fingerprint density at radius 2 is 1.89 bits per heavy atom. The Kier molecular flexibility index (Phi) is 9.23. The summed E-state index contributed by atoms with van der Waals surface area (Å²) in [7, 11) is 0. The number of H-pyrrole nitrogens is 1. The van der Waals surface area contributed by atoms with Crippen LogP contribution in [0.25, 0.3) is 22.3 Å². The second kappa shape index (κ2) is 13.3. The van der Waals surface area contributed by atoms with E-state index < -0.39 is 17.4 Å². The van der Waals surface area contributed by atoms with Gasteiger partial charge in [-0.2, -0.15) is 23.5 Å². The number of aliphatic hydroxyl groups is 2. The van der Waals surface area contributed by atoms with Crippen molar-refractivity contribution in [2.24, 2.45) is 0 Å². The van der Waals surface area contributed by atoms with E-state index in [2.05, 4.69) is 36.0 Å². The van der Waals surface area contributed by atoms with Gasteiger partial charge in [0.1, 0.15) is 23.8 Å². The zero-order valence-corrected chi connectivity index (χ0v) is 25.2. The molecule has 0 spiro atoms. The van der Waals surface area contributed by atoms with Crippen LogP contribution in [0.2, 0.25) is 0 Å². The van der Waals surface area contributed by atoms with E-state index in [1.807, 2.05) is 23.1 Å². The van der Waals surface area contributed by atoms with Crippen molar-refractivity contribution in [3.8, 4) is 23.2 Å². The fraction of sp³-hybridized carbons (Fsp3) is 0.516. The minimum atomic E-state index is -4.64. The summed E-state index contributed by atoms with van der Waals surface area (Å²) in [6.45, 7) is 1.61. The molecule has 0 radical (unpaired) electrons. The Balaban J connectivity index is 1.08. The van der Waals surface area contributed by atoms with E-state index in [9.17, 15) is 28.6 Å². The number of aromatic nitrogens is 6. The molecule has 1 aliphatic heterocycles. The molecule has 244 valence electrons. The van der Waals surface area contributed by atoms with Crippen LogP contribution in [0.3, 0.4) is 0 Å². The number of hydrogen-bond acceptors (Lipinski definition) is 10. The lowest BCUT2D eigenvalue weighted by Gasteiger charge is -2.52. The standard InChI is InChI=1S/C31H36F3N9O3/c32-31(33,34)26-13-21(18-41(9-11-44)10-12-45)14-27(40-26)46-24-2-7-42(8-3-24)23-15-30(16-23,4-5-35)43-19-22(17-39-43)28-25-1-6-36-29(25)38-20-37-28/h1,6,13-14,17,19-20,23-24,44-45H,2-4,7-12,15-16,18H2,(H,36,37,38)/t23-,30-. The maximum atomic E-state index is 13.7. The van der Waals surface area contributed by atoms with Crippen molar-refractivity contribution < 1.29 is 28.1 Å².